The molecule has 2 heterocycles. The van der Waals surface area contributed by atoms with E-state index >= 15 is 0 Å². The van der Waals surface area contributed by atoms with Crippen molar-refractivity contribution in [1.82, 2.24) is 10.4 Å². The van der Waals surface area contributed by atoms with E-state index in [4.69, 9.17) is 25.5 Å². The lowest BCUT2D eigenvalue weighted by molar-refractivity contribution is -0.384. The number of amides is 1. The van der Waals surface area contributed by atoms with Crippen molar-refractivity contribution in [1.29, 1.82) is 5.26 Å². The summed E-state index contributed by atoms with van der Waals surface area (Å²) in [6.45, 7) is 1.49. The second-order valence-corrected chi connectivity index (χ2v) is 7.29. The van der Waals surface area contributed by atoms with E-state index in [2.05, 4.69) is 15.5 Å². The van der Waals surface area contributed by atoms with Crippen molar-refractivity contribution in [2.45, 2.75) is 13.5 Å². The molecular weight excluding hydrogens is 466 g/mol. The second-order valence-electron chi connectivity index (χ2n) is 6.85. The summed E-state index contributed by atoms with van der Waals surface area (Å²) in [4.78, 5) is 26.9. The van der Waals surface area contributed by atoms with Crippen LogP contribution in [-0.2, 0) is 16.1 Å². The van der Waals surface area contributed by atoms with Crippen LogP contribution < -0.4 is 10.2 Å². The van der Waals surface area contributed by atoms with Crippen molar-refractivity contribution in [3.05, 3.63) is 74.1 Å². The number of nitriles is 1. The summed E-state index contributed by atoms with van der Waals surface area (Å²) in [7, 11) is 1.50. The van der Waals surface area contributed by atoms with Crippen LogP contribution in [0, 0.1) is 28.4 Å². The van der Waals surface area contributed by atoms with E-state index in [1.54, 1.807) is 13.0 Å². The number of hydrogen-bond donors (Lipinski definition) is 1. The van der Waals surface area contributed by atoms with Gasteiger partial charge in [-0.3, -0.25) is 14.9 Å². The molecule has 34 heavy (non-hydrogen) atoms. The van der Waals surface area contributed by atoms with E-state index in [0.717, 1.165) is 0 Å². The lowest BCUT2D eigenvalue weighted by Gasteiger charge is -2.10. The third kappa shape index (κ3) is 5.94. The summed E-state index contributed by atoms with van der Waals surface area (Å²) in [6.07, 6.45) is 1.23. The second kappa shape index (κ2) is 11.0. The van der Waals surface area contributed by atoms with Gasteiger partial charge in [0.05, 0.1) is 23.3 Å². The fourth-order valence-electron chi connectivity index (χ4n) is 2.97. The highest BCUT2D eigenvalue weighted by molar-refractivity contribution is 6.30. The number of hydrogen-bond acceptors (Lipinski definition) is 9. The zero-order valence-corrected chi connectivity index (χ0v) is 18.8. The summed E-state index contributed by atoms with van der Waals surface area (Å²) in [5, 5.41) is 24.7. The van der Waals surface area contributed by atoms with Gasteiger partial charge in [0.15, 0.2) is 6.61 Å². The molecular formula is C22H18ClN5O6. The standard InChI is InChI=1S/C22H18ClN5O6/c1-13-7-14(11-32-2)18(9-24)22(26-13)33-12-21(29)27-25-10-16-4-6-20(34-16)17-5-3-15(23)8-19(17)28(30)31/h3-8,10H,11-12H2,1-2H3,(H,27,29)/b25-10-. The largest absolute Gasteiger partial charge is 0.467 e. The van der Waals surface area contributed by atoms with Gasteiger partial charge in [-0.05, 0) is 37.3 Å². The number of nitro benzene ring substituents is 1. The fraction of sp³-hybridized carbons (Fsp3) is 0.182. The number of hydrazone groups is 1. The molecule has 12 heteroatoms. The molecule has 0 fully saturated rings. The minimum absolute atomic E-state index is 0.0221. The van der Waals surface area contributed by atoms with Gasteiger partial charge in [-0.1, -0.05) is 11.6 Å². The van der Waals surface area contributed by atoms with E-state index < -0.39 is 17.4 Å². The highest BCUT2D eigenvalue weighted by atomic mass is 35.5. The molecule has 1 N–H and O–H groups in total. The Labute approximate surface area is 198 Å². The summed E-state index contributed by atoms with van der Waals surface area (Å²) >= 11 is 5.83. The lowest BCUT2D eigenvalue weighted by atomic mass is 10.1. The maximum Gasteiger partial charge on any atom is 0.281 e. The molecule has 3 aromatic rings. The normalized spacial score (nSPS) is 10.8. The van der Waals surface area contributed by atoms with Crippen molar-refractivity contribution >= 4 is 29.4 Å². The van der Waals surface area contributed by atoms with Crippen LogP contribution in [0.4, 0.5) is 5.69 Å². The van der Waals surface area contributed by atoms with Gasteiger partial charge >= 0.3 is 0 Å². The first kappa shape index (κ1) is 24.4. The number of ether oxygens (including phenoxy) is 2. The van der Waals surface area contributed by atoms with Crippen molar-refractivity contribution in [2.75, 3.05) is 13.7 Å². The quantitative estimate of drug-likeness (QED) is 0.274. The Balaban J connectivity index is 1.63. The van der Waals surface area contributed by atoms with Crippen molar-refractivity contribution in [3.63, 3.8) is 0 Å². The minimum Gasteiger partial charge on any atom is -0.467 e. The fourth-order valence-corrected chi connectivity index (χ4v) is 3.14. The van der Waals surface area contributed by atoms with Gasteiger partial charge in [-0.25, -0.2) is 10.4 Å². The first-order chi connectivity index (χ1) is 16.3. The number of aromatic nitrogens is 1. The van der Waals surface area contributed by atoms with Crippen molar-refractivity contribution in [2.24, 2.45) is 5.10 Å². The molecule has 0 spiro atoms. The van der Waals surface area contributed by atoms with Gasteiger partial charge in [-0.15, -0.1) is 0 Å². The predicted octanol–water partition coefficient (Wildman–Crippen LogP) is 3.76. The molecule has 1 amide bonds. The molecule has 0 saturated heterocycles. The Kier molecular flexibility index (Phi) is 7.92. The molecule has 0 aliphatic rings. The maximum atomic E-state index is 12.1. The van der Waals surface area contributed by atoms with Crippen LogP contribution in [0.2, 0.25) is 5.02 Å². The lowest BCUT2D eigenvalue weighted by Crippen LogP contribution is -2.25. The van der Waals surface area contributed by atoms with E-state index in [-0.39, 0.29) is 45.8 Å². The Morgan fingerprint density at radius 2 is 2.18 bits per heavy atom. The molecule has 174 valence electrons. The Bertz CT molecular complexity index is 1300. The number of carbonyl (C=O) groups excluding carboxylic acids is 1. The molecule has 0 atom stereocenters. The van der Waals surface area contributed by atoms with E-state index in [0.29, 0.717) is 11.3 Å². The van der Waals surface area contributed by atoms with E-state index in [1.807, 2.05) is 6.07 Å². The molecule has 0 radical (unpaired) electrons. The highest BCUT2D eigenvalue weighted by Crippen LogP contribution is 2.33. The third-order valence-corrected chi connectivity index (χ3v) is 4.61. The number of furan rings is 1. The monoisotopic (exact) mass is 483 g/mol. The number of pyridine rings is 1. The zero-order valence-electron chi connectivity index (χ0n) is 18.1. The number of aryl methyl sites for hydroxylation is 1. The van der Waals surface area contributed by atoms with Gasteiger partial charge in [0.1, 0.15) is 23.2 Å². The van der Waals surface area contributed by atoms with Crippen LogP contribution in [0.3, 0.4) is 0 Å². The van der Waals surface area contributed by atoms with Crippen LogP contribution in [0.15, 0.2) is 45.9 Å². The Hall–Kier alpha value is -4.27. The molecule has 2 aromatic heterocycles. The number of benzene rings is 1. The number of nitrogens with zero attached hydrogens (tertiary/aromatic N) is 4. The van der Waals surface area contributed by atoms with Crippen LogP contribution in [0.5, 0.6) is 5.88 Å². The van der Waals surface area contributed by atoms with Gasteiger partial charge in [0, 0.05) is 29.5 Å². The van der Waals surface area contributed by atoms with E-state index in [1.165, 1.54) is 43.7 Å². The molecule has 0 bridgehead atoms. The predicted molar refractivity (Wildman–Crippen MR) is 121 cm³/mol. The average molecular weight is 484 g/mol. The zero-order chi connectivity index (χ0) is 24.7. The molecule has 11 nitrogen and oxygen atoms in total. The van der Waals surface area contributed by atoms with Crippen LogP contribution in [0.1, 0.15) is 22.6 Å². The van der Waals surface area contributed by atoms with Gasteiger partial charge in [0.25, 0.3) is 11.6 Å². The molecule has 0 saturated carbocycles. The summed E-state index contributed by atoms with van der Waals surface area (Å²) in [5.41, 5.74) is 3.70. The van der Waals surface area contributed by atoms with Crippen molar-refractivity contribution in [3.8, 4) is 23.3 Å². The number of methoxy groups -OCH3 is 1. The van der Waals surface area contributed by atoms with Gasteiger partial charge in [-0.2, -0.15) is 10.4 Å². The number of carbonyl (C=O) groups is 1. The Morgan fingerprint density at radius 1 is 1.38 bits per heavy atom. The maximum absolute atomic E-state index is 12.1. The third-order valence-electron chi connectivity index (χ3n) is 4.38. The molecule has 0 aliphatic carbocycles. The van der Waals surface area contributed by atoms with Crippen LogP contribution in [0.25, 0.3) is 11.3 Å². The topological polar surface area (TPSA) is 153 Å². The van der Waals surface area contributed by atoms with Crippen LogP contribution in [-0.4, -0.2) is 35.7 Å². The average Bonchev–Trinajstić information content (AvgIpc) is 3.26. The molecule has 0 unspecified atom stereocenters. The van der Waals surface area contributed by atoms with Crippen LogP contribution >= 0.6 is 11.6 Å². The first-order valence-corrected chi connectivity index (χ1v) is 10.1. The summed E-state index contributed by atoms with van der Waals surface area (Å²) in [5.74, 6) is -0.0940. The van der Waals surface area contributed by atoms with Crippen molar-refractivity contribution < 1.29 is 23.6 Å². The summed E-state index contributed by atoms with van der Waals surface area (Å²) < 4.78 is 16.0. The van der Waals surface area contributed by atoms with Gasteiger partial charge in [0.2, 0.25) is 5.88 Å². The first-order valence-electron chi connectivity index (χ1n) is 9.70. The molecule has 1 aromatic carbocycles. The van der Waals surface area contributed by atoms with Gasteiger partial charge < -0.3 is 13.9 Å². The highest BCUT2D eigenvalue weighted by Gasteiger charge is 2.18. The number of nitrogens with one attached hydrogen (secondary N) is 1. The Morgan fingerprint density at radius 3 is 2.88 bits per heavy atom. The number of halogens is 1. The molecule has 0 aliphatic heterocycles. The summed E-state index contributed by atoms with van der Waals surface area (Å²) in [6, 6.07) is 11.0. The number of nitro groups is 1. The molecule has 3 rings (SSSR count). The van der Waals surface area contributed by atoms with E-state index in [9.17, 15) is 20.2 Å². The minimum atomic E-state index is -0.600. The SMILES string of the molecule is COCc1cc(C)nc(OCC(=O)N/N=C\c2ccc(-c3ccc(Cl)cc3[N+](=O)[O-])o2)c1C#N. The smallest absolute Gasteiger partial charge is 0.281 e. The number of rotatable bonds is 9.